The van der Waals surface area contributed by atoms with Gasteiger partial charge in [0.15, 0.2) is 0 Å². The van der Waals surface area contributed by atoms with Crippen molar-refractivity contribution < 1.29 is 23.1 Å². The zero-order valence-electron chi connectivity index (χ0n) is 37.4. The van der Waals surface area contributed by atoms with Crippen molar-refractivity contribution in [1.29, 1.82) is 0 Å². The van der Waals surface area contributed by atoms with E-state index < -0.39 is 21.2 Å². The summed E-state index contributed by atoms with van der Waals surface area (Å²) in [5.74, 6) is 4.14. The zero-order chi connectivity index (χ0) is 42.2. The van der Waals surface area contributed by atoms with Gasteiger partial charge in [-0.1, -0.05) is 58.9 Å². The fourth-order valence-corrected chi connectivity index (χ4v) is 16.5. The van der Waals surface area contributed by atoms with Crippen molar-refractivity contribution >= 4 is 15.8 Å². The predicted octanol–water partition coefficient (Wildman–Crippen LogP) is 9.54. The largest absolute Gasteiger partial charge is 0.491 e. The Labute approximate surface area is 356 Å². The number of nitrogens with zero attached hydrogens (tertiary/aromatic N) is 2. The molecule has 4 saturated carbocycles. The van der Waals surface area contributed by atoms with E-state index in [2.05, 4.69) is 75.5 Å². The van der Waals surface area contributed by atoms with Gasteiger partial charge in [0.05, 0.1) is 11.4 Å². The van der Waals surface area contributed by atoms with E-state index in [-0.39, 0.29) is 33.6 Å². The third-order valence-electron chi connectivity index (χ3n) is 19.0. The third kappa shape index (κ3) is 7.30. The van der Waals surface area contributed by atoms with Crippen molar-refractivity contribution in [3.8, 4) is 5.75 Å². The Kier molecular flexibility index (Phi) is 11.5. The van der Waals surface area contributed by atoms with Crippen LogP contribution in [-0.2, 0) is 14.6 Å². The van der Waals surface area contributed by atoms with Crippen LogP contribution in [0, 0.1) is 63.1 Å². The number of aromatic nitrogens is 1. The van der Waals surface area contributed by atoms with Crippen LogP contribution in [0.1, 0.15) is 125 Å². The van der Waals surface area contributed by atoms with Gasteiger partial charge in [-0.3, -0.25) is 9.78 Å². The Hall–Kier alpha value is -2.49. The van der Waals surface area contributed by atoms with Crippen LogP contribution >= 0.6 is 0 Å². The predicted molar refractivity (Wildman–Crippen MR) is 237 cm³/mol. The number of allylic oxidation sites excluding steroid dienone is 5. The molecule has 1 aliphatic heterocycles. The number of ether oxygens (including phenoxy) is 1. The van der Waals surface area contributed by atoms with E-state index in [0.717, 1.165) is 45.4 Å². The minimum absolute atomic E-state index is 0.0275. The number of nitrogens with one attached hydrogen (secondary N) is 1. The molecule has 326 valence electrons. The second-order valence-corrected chi connectivity index (χ2v) is 24.3. The van der Waals surface area contributed by atoms with Gasteiger partial charge in [-0.2, -0.15) is 0 Å². The molecular formula is C50H75N3O5S. The van der Waals surface area contributed by atoms with E-state index in [0.29, 0.717) is 60.0 Å². The summed E-state index contributed by atoms with van der Waals surface area (Å²) in [4.78, 5) is 19.4. The molecule has 11 atom stereocenters. The lowest BCUT2D eigenvalue weighted by Crippen LogP contribution is -2.67. The van der Waals surface area contributed by atoms with E-state index in [1.807, 2.05) is 12.1 Å². The van der Waals surface area contributed by atoms with E-state index in [1.54, 1.807) is 12.4 Å². The molecule has 1 aromatic rings. The number of fused-ring (bicyclic) bond motifs is 7. The molecule has 8 rings (SSSR count). The van der Waals surface area contributed by atoms with Gasteiger partial charge in [0.1, 0.15) is 27.6 Å². The molecule has 1 unspecified atom stereocenters. The molecule has 0 amide bonds. The van der Waals surface area contributed by atoms with Crippen molar-refractivity contribution in [2.45, 2.75) is 136 Å². The van der Waals surface area contributed by atoms with E-state index in [9.17, 15) is 18.3 Å². The number of aliphatic carboxylic acids is 1. The molecule has 2 N–H and O–H groups in total. The van der Waals surface area contributed by atoms with Crippen LogP contribution in [0.5, 0.6) is 5.75 Å². The van der Waals surface area contributed by atoms with Crippen LogP contribution in [0.4, 0.5) is 0 Å². The molecular weight excluding hydrogens is 755 g/mol. The number of hydrogen-bond donors (Lipinski definition) is 2. The van der Waals surface area contributed by atoms with Crippen LogP contribution in [-0.4, -0.2) is 79.2 Å². The van der Waals surface area contributed by atoms with Crippen LogP contribution in [0.15, 0.2) is 60.0 Å². The van der Waals surface area contributed by atoms with Crippen LogP contribution in [0.3, 0.4) is 0 Å². The second kappa shape index (κ2) is 15.7. The Balaban J connectivity index is 0.992. The number of pyridine rings is 1. The Morgan fingerprint density at radius 3 is 2.36 bits per heavy atom. The lowest BCUT2D eigenvalue weighted by molar-refractivity contribution is -0.201. The first-order valence-corrected chi connectivity index (χ1v) is 25.3. The first-order valence-electron chi connectivity index (χ1n) is 23.3. The monoisotopic (exact) mass is 830 g/mol. The molecule has 0 bridgehead atoms. The van der Waals surface area contributed by atoms with Crippen LogP contribution < -0.4 is 10.1 Å². The van der Waals surface area contributed by atoms with Gasteiger partial charge in [0, 0.05) is 31.1 Å². The summed E-state index contributed by atoms with van der Waals surface area (Å²) in [5.41, 5.74) is 4.04. The highest BCUT2D eigenvalue weighted by Gasteiger charge is 2.69. The number of hydrogen-bond acceptors (Lipinski definition) is 7. The molecule has 59 heavy (non-hydrogen) atoms. The Morgan fingerprint density at radius 2 is 1.71 bits per heavy atom. The smallest absolute Gasteiger partial charge is 0.313 e. The van der Waals surface area contributed by atoms with Crippen molar-refractivity contribution in [2.24, 2.45) is 63.1 Å². The fraction of sp³-hybridized carbons (Fsp3) is 0.760. The summed E-state index contributed by atoms with van der Waals surface area (Å²) >= 11 is 0. The van der Waals surface area contributed by atoms with Crippen LogP contribution in [0.2, 0.25) is 0 Å². The quantitative estimate of drug-likeness (QED) is 0.213. The lowest BCUT2D eigenvalue weighted by atomic mass is 9.35. The Bertz CT molecular complexity index is 1940. The standard InChI is InChI=1S/C50H75N3O5S/c1-33(2)38-15-22-50(52-26-29-53-27-17-37(18-28-53)59(8,56)57)24-23-48(7)41(44(38)50)12-11-40-43-34(3)30-42(46(4,5)39(43)16-19-47(40,48)6)35-13-20-49(21-14-35,45(54)55)32-58-36-10-9-25-51-31-36/h9-10,13,25,30-31,34,37-41,43-44,52H,1,11-12,14-24,26-29,32H2,2-8H3,(H,54,55)/t34-,38-,39+,40+,41+,43-,44+,47+,48+,49?,50-/m0/s1. The maximum absolute atomic E-state index is 12.7. The van der Waals surface area contributed by atoms with Crippen molar-refractivity contribution in [2.75, 3.05) is 39.0 Å². The Morgan fingerprint density at radius 1 is 0.983 bits per heavy atom. The number of piperidine rings is 1. The van der Waals surface area contributed by atoms with Gasteiger partial charge >= 0.3 is 5.97 Å². The number of likely N-dealkylation sites (tertiary alicyclic amines) is 1. The normalized spacial score (nSPS) is 41.0. The molecule has 1 aromatic heterocycles. The lowest BCUT2D eigenvalue weighted by Gasteiger charge is -2.70. The first-order chi connectivity index (χ1) is 27.9. The summed E-state index contributed by atoms with van der Waals surface area (Å²) in [5, 5.41) is 14.6. The van der Waals surface area contributed by atoms with E-state index in [4.69, 9.17) is 4.74 Å². The van der Waals surface area contributed by atoms with Crippen LogP contribution in [0.25, 0.3) is 0 Å². The SMILES string of the molecule is C=C(C)[C@@H]1CC[C@]2(NCCN3CCC(S(C)(=O)=O)CC3)CC[C@]3(C)[C@H](CC[C@@H]4[C@@H]5[C@@H](CC[C@]43C)C(C)(C)C(C3=CCC(COc4cccnc4)(C(=O)O)CC3)=C[C@@H]5C)[C@@H]12. The molecule has 1 saturated heterocycles. The molecule has 5 fully saturated rings. The van der Waals surface area contributed by atoms with Crippen molar-refractivity contribution in [3.63, 3.8) is 0 Å². The van der Waals surface area contributed by atoms with Gasteiger partial charge in [0.2, 0.25) is 0 Å². The second-order valence-electron chi connectivity index (χ2n) is 22.0. The number of carbonyl (C=O) groups is 1. The minimum atomic E-state index is -2.96. The minimum Gasteiger partial charge on any atom is -0.491 e. The van der Waals surface area contributed by atoms with E-state index in [1.165, 1.54) is 74.3 Å². The molecule has 0 spiro atoms. The van der Waals surface area contributed by atoms with E-state index >= 15 is 0 Å². The maximum Gasteiger partial charge on any atom is 0.313 e. The van der Waals surface area contributed by atoms with Crippen molar-refractivity contribution in [3.05, 3.63) is 60.0 Å². The van der Waals surface area contributed by atoms with Gasteiger partial charge in [-0.15, -0.1) is 0 Å². The molecule has 2 heterocycles. The average Bonchev–Trinajstić information content (AvgIpc) is 3.59. The molecule has 9 heteroatoms. The van der Waals surface area contributed by atoms with Crippen molar-refractivity contribution in [1.82, 2.24) is 15.2 Å². The molecule has 0 aromatic carbocycles. The number of rotatable bonds is 11. The van der Waals surface area contributed by atoms with Gasteiger partial charge in [0.25, 0.3) is 0 Å². The summed E-state index contributed by atoms with van der Waals surface area (Å²) in [6.07, 6.45) is 23.2. The zero-order valence-corrected chi connectivity index (χ0v) is 38.2. The number of sulfone groups is 1. The summed E-state index contributed by atoms with van der Waals surface area (Å²) < 4.78 is 30.4. The highest BCUT2D eigenvalue weighted by Crippen LogP contribution is 2.74. The van der Waals surface area contributed by atoms with Gasteiger partial charge < -0.3 is 20.1 Å². The highest BCUT2D eigenvalue weighted by atomic mass is 32.2. The molecule has 0 radical (unpaired) electrons. The van der Waals surface area contributed by atoms with Gasteiger partial charge in [-0.25, -0.2) is 8.42 Å². The highest BCUT2D eigenvalue weighted by molar-refractivity contribution is 7.91. The number of carboxylic acid groups (broad SMARTS) is 1. The molecule has 6 aliphatic carbocycles. The van der Waals surface area contributed by atoms with Gasteiger partial charge in [-0.05, 0) is 184 Å². The summed E-state index contributed by atoms with van der Waals surface area (Å²) in [7, 11) is -2.96. The molecule has 7 aliphatic rings. The third-order valence-corrected chi connectivity index (χ3v) is 20.7. The average molecular weight is 830 g/mol. The molecule has 8 nitrogen and oxygen atoms in total. The fourth-order valence-electron chi connectivity index (χ4n) is 15.4. The first kappa shape index (κ1) is 43.2. The number of carboxylic acids is 1. The topological polar surface area (TPSA) is 109 Å². The maximum atomic E-state index is 12.7. The summed E-state index contributed by atoms with van der Waals surface area (Å²) in [6.45, 7) is 23.8. The summed E-state index contributed by atoms with van der Waals surface area (Å²) in [6, 6.07) is 3.66.